The van der Waals surface area contributed by atoms with Gasteiger partial charge >= 0.3 is 0 Å². The van der Waals surface area contributed by atoms with E-state index in [1.54, 1.807) is 6.26 Å². The van der Waals surface area contributed by atoms with E-state index in [4.69, 9.17) is 16.0 Å². The van der Waals surface area contributed by atoms with Gasteiger partial charge < -0.3 is 4.42 Å². The quantitative estimate of drug-likeness (QED) is 0.620. The predicted octanol–water partition coefficient (Wildman–Crippen LogP) is 2.54. The lowest BCUT2D eigenvalue weighted by Crippen LogP contribution is -1.84. The van der Waals surface area contributed by atoms with Crippen molar-refractivity contribution in [2.75, 3.05) is 0 Å². The Morgan fingerprint density at radius 2 is 2.50 bits per heavy atom. The first-order valence-corrected chi connectivity index (χ1v) is 3.76. The number of hydrogen-bond acceptors (Lipinski definition) is 2. The molecule has 0 saturated heterocycles. The summed E-state index contributed by atoms with van der Waals surface area (Å²) < 4.78 is 5.07. The van der Waals surface area contributed by atoms with E-state index in [0.717, 1.165) is 12.1 Å². The zero-order valence-corrected chi connectivity index (χ0v) is 6.85. The van der Waals surface area contributed by atoms with Crippen LogP contribution in [0.1, 0.15) is 30.8 Å². The Balaban J connectivity index is 2.78. The average Bonchev–Trinajstić information content (AvgIpc) is 2.34. The Hall–Kier alpha value is -0.500. The van der Waals surface area contributed by atoms with Gasteiger partial charge in [-0.1, -0.05) is 6.92 Å². The summed E-state index contributed by atoms with van der Waals surface area (Å²) >= 11 is 5.72. The van der Waals surface area contributed by atoms with Crippen LogP contribution in [0.5, 0.6) is 0 Å². The summed E-state index contributed by atoms with van der Waals surface area (Å²) in [5.41, 5.74) is 0.961. The van der Waals surface area contributed by atoms with Crippen molar-refractivity contribution in [1.29, 1.82) is 0 Å². The highest BCUT2D eigenvalue weighted by atomic mass is 35.5. The zero-order valence-electron chi connectivity index (χ0n) is 6.10. The first-order valence-electron chi connectivity index (χ1n) is 3.32. The van der Waals surface area contributed by atoms with Crippen molar-refractivity contribution in [3.8, 4) is 0 Å². The second-order valence-corrected chi connectivity index (χ2v) is 2.80. The molecule has 1 heterocycles. The van der Waals surface area contributed by atoms with Crippen LogP contribution in [0.2, 0.25) is 0 Å². The van der Waals surface area contributed by atoms with Gasteiger partial charge in [0.25, 0.3) is 0 Å². The van der Waals surface area contributed by atoms with Crippen molar-refractivity contribution >= 4 is 11.6 Å². The summed E-state index contributed by atoms with van der Waals surface area (Å²) in [4.78, 5) is 4.13. The molecule has 1 aromatic heterocycles. The van der Waals surface area contributed by atoms with Crippen LogP contribution >= 0.6 is 11.6 Å². The highest BCUT2D eigenvalue weighted by molar-refractivity contribution is 6.20. The van der Waals surface area contributed by atoms with Crippen molar-refractivity contribution in [1.82, 2.24) is 4.98 Å². The molecular weight excluding hydrogens is 150 g/mol. The smallest absolute Gasteiger partial charge is 0.211 e. The third-order valence-corrected chi connectivity index (χ3v) is 1.46. The molecule has 0 aliphatic heterocycles. The molecule has 56 valence electrons. The third-order valence-electron chi connectivity index (χ3n) is 1.27. The summed E-state index contributed by atoms with van der Waals surface area (Å²) in [5.74, 6) is 0.610. The number of hydrogen-bond donors (Lipinski definition) is 0. The molecule has 0 saturated carbocycles. The lowest BCUT2D eigenvalue weighted by molar-refractivity contribution is 0.496. The molecule has 0 fully saturated rings. The summed E-state index contributed by atoms with van der Waals surface area (Å²) in [6.07, 6.45) is 2.54. The van der Waals surface area contributed by atoms with E-state index in [9.17, 15) is 0 Å². The van der Waals surface area contributed by atoms with E-state index in [2.05, 4.69) is 4.98 Å². The van der Waals surface area contributed by atoms with Gasteiger partial charge in [-0.05, 0) is 13.3 Å². The number of aryl methyl sites for hydroxylation is 1. The summed E-state index contributed by atoms with van der Waals surface area (Å²) in [5, 5.41) is -0.125. The maximum absolute atomic E-state index is 5.72. The first kappa shape index (κ1) is 7.61. The van der Waals surface area contributed by atoms with Gasteiger partial charge in [0, 0.05) is 0 Å². The van der Waals surface area contributed by atoms with E-state index in [1.165, 1.54) is 0 Å². The third kappa shape index (κ3) is 1.51. The molecule has 0 aliphatic rings. The fourth-order valence-corrected chi connectivity index (χ4v) is 0.768. The number of oxazole rings is 1. The molecule has 1 aromatic rings. The molecule has 2 nitrogen and oxygen atoms in total. The molecule has 0 aliphatic carbocycles. The van der Waals surface area contributed by atoms with E-state index < -0.39 is 0 Å². The van der Waals surface area contributed by atoms with Crippen LogP contribution in [0.25, 0.3) is 0 Å². The van der Waals surface area contributed by atoms with Gasteiger partial charge in [-0.25, -0.2) is 4.98 Å². The Morgan fingerprint density at radius 3 is 2.80 bits per heavy atom. The maximum atomic E-state index is 5.72. The molecule has 1 atom stereocenters. The van der Waals surface area contributed by atoms with Crippen molar-refractivity contribution in [3.63, 3.8) is 0 Å². The predicted molar refractivity (Wildman–Crippen MR) is 40.1 cm³/mol. The minimum Gasteiger partial charge on any atom is -0.447 e. The topological polar surface area (TPSA) is 26.0 Å². The van der Waals surface area contributed by atoms with E-state index in [1.807, 2.05) is 13.8 Å². The first-order chi connectivity index (χ1) is 4.74. The molecule has 0 radical (unpaired) electrons. The largest absolute Gasteiger partial charge is 0.447 e. The molecule has 0 N–H and O–H groups in total. The van der Waals surface area contributed by atoms with Crippen molar-refractivity contribution < 1.29 is 4.42 Å². The molecule has 3 heteroatoms. The Labute approximate surface area is 65.2 Å². The van der Waals surface area contributed by atoms with Gasteiger partial charge in [0.05, 0.1) is 5.69 Å². The molecule has 10 heavy (non-hydrogen) atoms. The number of aromatic nitrogens is 1. The van der Waals surface area contributed by atoms with Gasteiger partial charge in [-0.2, -0.15) is 0 Å². The molecule has 0 bridgehead atoms. The SMILES string of the molecule is CCc1coc([C@@H](C)Cl)n1. The number of alkyl halides is 1. The van der Waals surface area contributed by atoms with Crippen LogP contribution in [0.4, 0.5) is 0 Å². The standard InChI is InChI=1S/C7H10ClNO/c1-3-6-4-10-7(9-6)5(2)8/h4-5H,3H2,1-2H3/t5-/m1/s1. The highest BCUT2D eigenvalue weighted by Gasteiger charge is 2.07. The summed E-state index contributed by atoms with van der Waals surface area (Å²) in [7, 11) is 0. The van der Waals surface area contributed by atoms with Crippen LogP contribution in [0.3, 0.4) is 0 Å². The Morgan fingerprint density at radius 1 is 1.80 bits per heavy atom. The van der Waals surface area contributed by atoms with Crippen molar-refractivity contribution in [2.45, 2.75) is 25.6 Å². The van der Waals surface area contributed by atoms with Gasteiger partial charge in [0.1, 0.15) is 11.6 Å². The lowest BCUT2D eigenvalue weighted by atomic mass is 10.4. The summed E-state index contributed by atoms with van der Waals surface area (Å²) in [6.45, 7) is 3.87. The second-order valence-electron chi connectivity index (χ2n) is 2.15. The van der Waals surface area contributed by atoms with E-state index >= 15 is 0 Å². The molecular formula is C7H10ClNO. The van der Waals surface area contributed by atoms with Crippen LogP contribution < -0.4 is 0 Å². The van der Waals surface area contributed by atoms with Gasteiger partial charge in [0.15, 0.2) is 0 Å². The Bertz CT molecular complexity index is 207. The average molecular weight is 160 g/mol. The molecule has 0 amide bonds. The molecule has 1 rings (SSSR count). The molecule has 0 unspecified atom stereocenters. The van der Waals surface area contributed by atoms with Crippen LogP contribution in [0.15, 0.2) is 10.7 Å². The van der Waals surface area contributed by atoms with E-state index in [0.29, 0.717) is 5.89 Å². The van der Waals surface area contributed by atoms with Crippen LogP contribution in [-0.4, -0.2) is 4.98 Å². The van der Waals surface area contributed by atoms with Crippen molar-refractivity contribution in [3.05, 3.63) is 17.8 Å². The van der Waals surface area contributed by atoms with E-state index in [-0.39, 0.29) is 5.38 Å². The number of nitrogens with zero attached hydrogens (tertiary/aromatic N) is 1. The van der Waals surface area contributed by atoms with Crippen LogP contribution in [-0.2, 0) is 6.42 Å². The van der Waals surface area contributed by atoms with Gasteiger partial charge in [-0.3, -0.25) is 0 Å². The molecule has 0 aromatic carbocycles. The minimum absolute atomic E-state index is 0.125. The molecule has 0 spiro atoms. The van der Waals surface area contributed by atoms with Gasteiger partial charge in [-0.15, -0.1) is 11.6 Å². The normalized spacial score (nSPS) is 13.5. The number of rotatable bonds is 2. The van der Waals surface area contributed by atoms with Gasteiger partial charge in [0.2, 0.25) is 5.89 Å². The minimum atomic E-state index is -0.125. The monoisotopic (exact) mass is 159 g/mol. The number of halogens is 1. The highest BCUT2D eigenvalue weighted by Crippen LogP contribution is 2.17. The lowest BCUT2D eigenvalue weighted by Gasteiger charge is -1.91. The maximum Gasteiger partial charge on any atom is 0.211 e. The van der Waals surface area contributed by atoms with Crippen molar-refractivity contribution in [2.24, 2.45) is 0 Å². The fourth-order valence-electron chi connectivity index (χ4n) is 0.668. The Kier molecular flexibility index (Phi) is 2.33. The van der Waals surface area contributed by atoms with Crippen LogP contribution in [0, 0.1) is 0 Å². The fraction of sp³-hybridized carbons (Fsp3) is 0.571. The second kappa shape index (κ2) is 3.06. The summed E-state index contributed by atoms with van der Waals surface area (Å²) in [6, 6.07) is 0. The zero-order chi connectivity index (χ0) is 7.56.